The second kappa shape index (κ2) is 5.14. The van der Waals surface area contributed by atoms with Crippen LogP contribution in [-0.2, 0) is 0 Å². The highest BCUT2D eigenvalue weighted by Gasteiger charge is 2.13. The minimum absolute atomic E-state index is 0.876. The van der Waals surface area contributed by atoms with Crippen LogP contribution in [0.1, 0.15) is 0 Å². The number of hydrogen-bond acceptors (Lipinski definition) is 2. The average molecular weight is 310 g/mol. The summed E-state index contributed by atoms with van der Waals surface area (Å²) < 4.78 is 11.3. The van der Waals surface area contributed by atoms with Crippen molar-refractivity contribution in [3.63, 3.8) is 0 Å². The van der Waals surface area contributed by atoms with Gasteiger partial charge in [0.25, 0.3) is 0 Å². The van der Waals surface area contributed by atoms with Crippen molar-refractivity contribution >= 4 is 21.5 Å². The van der Waals surface area contributed by atoms with Crippen LogP contribution >= 0.6 is 0 Å². The Morgan fingerprint density at radius 2 is 1.00 bits per heavy atom. The lowest BCUT2D eigenvalue weighted by Gasteiger charge is -2.10. The summed E-state index contributed by atoms with van der Waals surface area (Å²) in [4.78, 5) is 0. The van der Waals surface area contributed by atoms with E-state index in [0.717, 1.165) is 33.4 Å². The SMILES string of the molecule is c1coc(-c2ccc(-c3ccco3)c3cc4ccccc4cc23)c1. The van der Waals surface area contributed by atoms with Gasteiger partial charge >= 0.3 is 0 Å². The molecule has 5 rings (SSSR count). The fourth-order valence-electron chi connectivity index (χ4n) is 3.33. The van der Waals surface area contributed by atoms with E-state index in [4.69, 9.17) is 8.83 Å². The lowest BCUT2D eigenvalue weighted by molar-refractivity contribution is 0.581. The number of fused-ring (bicyclic) bond motifs is 2. The van der Waals surface area contributed by atoms with E-state index in [-0.39, 0.29) is 0 Å². The van der Waals surface area contributed by atoms with E-state index in [0.29, 0.717) is 0 Å². The molecule has 2 heterocycles. The zero-order valence-corrected chi connectivity index (χ0v) is 12.9. The zero-order chi connectivity index (χ0) is 15.9. The van der Waals surface area contributed by atoms with Gasteiger partial charge in [-0.3, -0.25) is 0 Å². The van der Waals surface area contributed by atoms with E-state index in [1.807, 2.05) is 24.3 Å². The molecule has 0 saturated carbocycles. The van der Waals surface area contributed by atoms with Gasteiger partial charge in [-0.05, 0) is 70.1 Å². The summed E-state index contributed by atoms with van der Waals surface area (Å²) in [6.45, 7) is 0. The van der Waals surface area contributed by atoms with Crippen molar-refractivity contribution in [2.45, 2.75) is 0 Å². The molecule has 0 aliphatic rings. The third-order valence-corrected chi connectivity index (χ3v) is 4.46. The summed E-state index contributed by atoms with van der Waals surface area (Å²) >= 11 is 0. The Morgan fingerprint density at radius 3 is 1.42 bits per heavy atom. The number of hydrogen-bond donors (Lipinski definition) is 0. The molecule has 0 radical (unpaired) electrons. The highest BCUT2D eigenvalue weighted by molar-refractivity contribution is 6.09. The Bertz CT molecular complexity index is 1040. The van der Waals surface area contributed by atoms with Gasteiger partial charge in [-0.25, -0.2) is 0 Å². The summed E-state index contributed by atoms with van der Waals surface area (Å²) in [6.07, 6.45) is 3.42. The van der Waals surface area contributed by atoms with E-state index in [1.54, 1.807) is 12.5 Å². The molecular weight excluding hydrogens is 296 g/mol. The van der Waals surface area contributed by atoms with Crippen molar-refractivity contribution < 1.29 is 8.83 Å². The molecule has 3 aromatic carbocycles. The molecule has 2 heteroatoms. The zero-order valence-electron chi connectivity index (χ0n) is 12.9. The summed E-state index contributed by atoms with van der Waals surface area (Å²) in [7, 11) is 0. The van der Waals surface area contributed by atoms with Crippen LogP contribution in [0.4, 0.5) is 0 Å². The van der Waals surface area contributed by atoms with Crippen LogP contribution in [0.5, 0.6) is 0 Å². The van der Waals surface area contributed by atoms with Crippen molar-refractivity contribution in [3.05, 3.63) is 85.3 Å². The van der Waals surface area contributed by atoms with E-state index in [9.17, 15) is 0 Å². The maximum absolute atomic E-state index is 5.65. The lowest BCUT2D eigenvalue weighted by atomic mass is 9.94. The maximum atomic E-state index is 5.65. The predicted molar refractivity (Wildman–Crippen MR) is 96.9 cm³/mol. The fourth-order valence-corrected chi connectivity index (χ4v) is 3.33. The second-order valence-corrected chi connectivity index (χ2v) is 5.86. The Morgan fingerprint density at radius 1 is 0.500 bits per heavy atom. The topological polar surface area (TPSA) is 26.3 Å². The highest BCUT2D eigenvalue weighted by Crippen LogP contribution is 2.38. The van der Waals surface area contributed by atoms with E-state index >= 15 is 0 Å². The molecule has 114 valence electrons. The summed E-state index contributed by atoms with van der Waals surface area (Å²) in [5.41, 5.74) is 2.19. The molecule has 0 bridgehead atoms. The van der Waals surface area contributed by atoms with Gasteiger partial charge in [0, 0.05) is 11.1 Å². The van der Waals surface area contributed by atoms with Gasteiger partial charge in [-0.2, -0.15) is 0 Å². The van der Waals surface area contributed by atoms with Gasteiger partial charge in [-0.15, -0.1) is 0 Å². The first kappa shape index (κ1) is 13.2. The van der Waals surface area contributed by atoms with Crippen molar-refractivity contribution in [1.82, 2.24) is 0 Å². The normalized spacial score (nSPS) is 11.3. The molecule has 0 N–H and O–H groups in total. The van der Waals surface area contributed by atoms with Gasteiger partial charge in [0.15, 0.2) is 0 Å². The first-order chi connectivity index (χ1) is 11.9. The second-order valence-electron chi connectivity index (χ2n) is 5.86. The minimum Gasteiger partial charge on any atom is -0.464 e. The minimum atomic E-state index is 0.876. The van der Waals surface area contributed by atoms with Crippen LogP contribution in [0.2, 0.25) is 0 Å². The van der Waals surface area contributed by atoms with Gasteiger partial charge in [0.2, 0.25) is 0 Å². The smallest absolute Gasteiger partial charge is 0.134 e. The fraction of sp³-hybridized carbons (Fsp3) is 0. The van der Waals surface area contributed by atoms with Crippen LogP contribution in [-0.4, -0.2) is 0 Å². The quantitative estimate of drug-likeness (QED) is 0.347. The molecule has 2 aromatic heterocycles. The monoisotopic (exact) mass is 310 g/mol. The molecule has 0 saturated heterocycles. The summed E-state index contributed by atoms with van der Waals surface area (Å²) in [6, 6.07) is 24.9. The molecule has 5 aromatic rings. The Hall–Kier alpha value is -3.26. The molecular formula is C22H14O2. The van der Waals surface area contributed by atoms with Crippen LogP contribution in [0.15, 0.2) is 94.2 Å². The largest absolute Gasteiger partial charge is 0.464 e. The Labute approximate surface area is 138 Å². The van der Waals surface area contributed by atoms with Crippen LogP contribution in [0.3, 0.4) is 0 Å². The molecule has 0 unspecified atom stereocenters. The lowest BCUT2D eigenvalue weighted by Crippen LogP contribution is -1.85. The predicted octanol–water partition coefficient (Wildman–Crippen LogP) is 6.51. The molecule has 0 spiro atoms. The van der Waals surface area contributed by atoms with Gasteiger partial charge in [0.1, 0.15) is 11.5 Å². The van der Waals surface area contributed by atoms with Crippen molar-refractivity contribution in [2.75, 3.05) is 0 Å². The summed E-state index contributed by atoms with van der Waals surface area (Å²) in [5, 5.41) is 4.76. The standard InChI is InChI=1S/C22H14O2/c1-2-6-16-14-20-18(22-8-4-12-24-22)10-9-17(21-7-3-11-23-21)19(20)13-15(16)5-1/h1-14H. The third kappa shape index (κ3) is 1.97. The van der Waals surface area contributed by atoms with E-state index in [2.05, 4.69) is 48.5 Å². The first-order valence-corrected chi connectivity index (χ1v) is 7.93. The molecule has 0 atom stereocenters. The highest BCUT2D eigenvalue weighted by atomic mass is 16.3. The van der Waals surface area contributed by atoms with Gasteiger partial charge in [0.05, 0.1) is 12.5 Å². The van der Waals surface area contributed by atoms with E-state index in [1.165, 1.54) is 10.8 Å². The molecule has 0 amide bonds. The number of benzene rings is 3. The van der Waals surface area contributed by atoms with Gasteiger partial charge < -0.3 is 8.83 Å². The number of rotatable bonds is 2. The van der Waals surface area contributed by atoms with Crippen LogP contribution in [0.25, 0.3) is 44.2 Å². The summed E-state index contributed by atoms with van der Waals surface area (Å²) in [5.74, 6) is 1.75. The first-order valence-electron chi connectivity index (χ1n) is 7.93. The third-order valence-electron chi connectivity index (χ3n) is 4.46. The molecule has 24 heavy (non-hydrogen) atoms. The Kier molecular flexibility index (Phi) is 2.83. The maximum Gasteiger partial charge on any atom is 0.134 e. The van der Waals surface area contributed by atoms with Crippen molar-refractivity contribution in [2.24, 2.45) is 0 Å². The number of furan rings is 2. The van der Waals surface area contributed by atoms with Crippen LogP contribution in [0, 0.1) is 0 Å². The molecule has 0 fully saturated rings. The van der Waals surface area contributed by atoms with E-state index < -0.39 is 0 Å². The van der Waals surface area contributed by atoms with Gasteiger partial charge in [-0.1, -0.05) is 24.3 Å². The van der Waals surface area contributed by atoms with Crippen molar-refractivity contribution in [3.8, 4) is 22.6 Å². The average Bonchev–Trinajstić information content (AvgIpc) is 3.32. The molecule has 2 nitrogen and oxygen atoms in total. The molecule has 0 aliphatic heterocycles. The van der Waals surface area contributed by atoms with Crippen molar-refractivity contribution in [1.29, 1.82) is 0 Å². The van der Waals surface area contributed by atoms with Crippen LogP contribution < -0.4 is 0 Å². The Balaban J connectivity index is 1.93. The molecule has 0 aliphatic carbocycles.